The number of ether oxygens (including phenoxy) is 2. The molecule has 1 saturated heterocycles. The van der Waals surface area contributed by atoms with Gasteiger partial charge in [0.2, 0.25) is 5.91 Å². The van der Waals surface area contributed by atoms with E-state index in [1.165, 1.54) is 5.56 Å². The molecule has 1 fully saturated rings. The van der Waals surface area contributed by atoms with Gasteiger partial charge >= 0.3 is 0 Å². The lowest BCUT2D eigenvalue weighted by molar-refractivity contribution is -0.139. The molecular weight excluding hydrogens is 414 g/mol. The van der Waals surface area contributed by atoms with E-state index in [4.69, 9.17) is 21.1 Å². The number of halogens is 1. The van der Waals surface area contributed by atoms with Crippen molar-refractivity contribution >= 4 is 17.5 Å². The SMILES string of the molecule is O=C(CCc1ccccc1)N1CCOC(c2cc(CCOc3cccc(Cl)c3)[nH]n2)C1. The Balaban J connectivity index is 1.26. The maximum absolute atomic E-state index is 12.7. The Hall–Kier alpha value is -2.83. The monoisotopic (exact) mass is 439 g/mol. The van der Waals surface area contributed by atoms with Gasteiger partial charge in [-0.25, -0.2) is 0 Å². The van der Waals surface area contributed by atoms with Crippen LogP contribution in [0.3, 0.4) is 0 Å². The summed E-state index contributed by atoms with van der Waals surface area (Å²) in [5.41, 5.74) is 2.96. The van der Waals surface area contributed by atoms with Gasteiger partial charge in [-0.1, -0.05) is 48.0 Å². The molecule has 1 atom stereocenters. The second-order valence-corrected chi connectivity index (χ2v) is 8.00. The molecule has 1 aromatic heterocycles. The first-order chi connectivity index (χ1) is 15.2. The first-order valence-corrected chi connectivity index (χ1v) is 10.9. The molecular formula is C24H26ClN3O3. The quantitative estimate of drug-likeness (QED) is 0.570. The number of aryl methyl sites for hydroxylation is 1. The number of nitrogens with zero attached hydrogens (tertiary/aromatic N) is 2. The number of nitrogens with one attached hydrogen (secondary N) is 1. The Bertz CT molecular complexity index is 992. The molecule has 7 heteroatoms. The highest BCUT2D eigenvalue weighted by molar-refractivity contribution is 6.30. The van der Waals surface area contributed by atoms with Crippen LogP contribution in [0.5, 0.6) is 5.75 Å². The minimum absolute atomic E-state index is 0.155. The van der Waals surface area contributed by atoms with Crippen molar-refractivity contribution in [1.82, 2.24) is 15.1 Å². The summed E-state index contributed by atoms with van der Waals surface area (Å²) in [5.74, 6) is 0.898. The molecule has 1 aliphatic rings. The summed E-state index contributed by atoms with van der Waals surface area (Å²) in [6.45, 7) is 2.17. The van der Waals surface area contributed by atoms with E-state index < -0.39 is 0 Å². The predicted molar refractivity (Wildman–Crippen MR) is 119 cm³/mol. The largest absolute Gasteiger partial charge is 0.493 e. The fraction of sp³-hybridized carbons (Fsp3) is 0.333. The van der Waals surface area contributed by atoms with Crippen molar-refractivity contribution in [2.75, 3.05) is 26.3 Å². The number of rotatable bonds is 8. The molecule has 2 aromatic carbocycles. The third kappa shape index (κ3) is 6.09. The van der Waals surface area contributed by atoms with Crippen LogP contribution in [0.1, 0.15) is 29.5 Å². The van der Waals surface area contributed by atoms with Crippen molar-refractivity contribution in [2.24, 2.45) is 0 Å². The lowest BCUT2D eigenvalue weighted by Gasteiger charge is -2.32. The number of H-pyrrole nitrogens is 1. The maximum atomic E-state index is 12.7. The van der Waals surface area contributed by atoms with Crippen molar-refractivity contribution in [3.63, 3.8) is 0 Å². The number of amides is 1. The van der Waals surface area contributed by atoms with Crippen molar-refractivity contribution in [1.29, 1.82) is 0 Å². The highest BCUT2D eigenvalue weighted by Gasteiger charge is 2.26. The van der Waals surface area contributed by atoms with Gasteiger partial charge < -0.3 is 14.4 Å². The first-order valence-electron chi connectivity index (χ1n) is 10.5. The number of carbonyl (C=O) groups is 1. The number of hydrogen-bond acceptors (Lipinski definition) is 4. The molecule has 162 valence electrons. The highest BCUT2D eigenvalue weighted by atomic mass is 35.5. The van der Waals surface area contributed by atoms with Crippen LogP contribution in [0.15, 0.2) is 60.7 Å². The van der Waals surface area contributed by atoms with Crippen LogP contribution >= 0.6 is 11.6 Å². The fourth-order valence-corrected chi connectivity index (χ4v) is 3.80. The lowest BCUT2D eigenvalue weighted by atomic mass is 10.1. The van der Waals surface area contributed by atoms with Crippen LogP contribution in [-0.4, -0.2) is 47.3 Å². The molecule has 3 aromatic rings. The normalized spacial score (nSPS) is 16.3. The van der Waals surface area contributed by atoms with E-state index in [1.54, 1.807) is 6.07 Å². The van der Waals surface area contributed by atoms with E-state index in [1.807, 2.05) is 47.4 Å². The third-order valence-electron chi connectivity index (χ3n) is 5.31. The smallest absolute Gasteiger partial charge is 0.223 e. The Morgan fingerprint density at radius 3 is 2.87 bits per heavy atom. The number of carbonyl (C=O) groups excluding carboxylic acids is 1. The zero-order valence-electron chi connectivity index (χ0n) is 17.3. The molecule has 4 rings (SSSR count). The van der Waals surface area contributed by atoms with Gasteiger partial charge in [-0.2, -0.15) is 5.10 Å². The predicted octanol–water partition coefficient (Wildman–Crippen LogP) is 4.22. The van der Waals surface area contributed by atoms with Crippen LogP contribution in [0, 0.1) is 0 Å². The van der Waals surface area contributed by atoms with Crippen molar-refractivity contribution < 1.29 is 14.3 Å². The van der Waals surface area contributed by atoms with Crippen molar-refractivity contribution in [3.05, 3.63) is 82.6 Å². The molecule has 31 heavy (non-hydrogen) atoms. The van der Waals surface area contributed by atoms with Gasteiger partial charge in [0.15, 0.2) is 0 Å². The number of morpholine rings is 1. The Morgan fingerprint density at radius 1 is 1.16 bits per heavy atom. The summed E-state index contributed by atoms with van der Waals surface area (Å²) in [6, 6.07) is 19.4. The molecule has 0 saturated carbocycles. The number of hydrogen-bond donors (Lipinski definition) is 1. The molecule has 1 aliphatic heterocycles. The summed E-state index contributed by atoms with van der Waals surface area (Å²) >= 11 is 5.98. The van der Waals surface area contributed by atoms with E-state index in [0.29, 0.717) is 44.2 Å². The first kappa shape index (κ1) is 21.4. The molecule has 2 heterocycles. The minimum Gasteiger partial charge on any atom is -0.493 e. The van der Waals surface area contributed by atoms with E-state index in [2.05, 4.69) is 22.3 Å². The van der Waals surface area contributed by atoms with E-state index in [9.17, 15) is 4.79 Å². The number of aromatic nitrogens is 2. The molecule has 1 N–H and O–H groups in total. The average Bonchev–Trinajstić information content (AvgIpc) is 3.27. The average molecular weight is 440 g/mol. The van der Waals surface area contributed by atoms with Crippen LogP contribution < -0.4 is 4.74 Å². The zero-order valence-corrected chi connectivity index (χ0v) is 18.1. The number of benzene rings is 2. The van der Waals surface area contributed by atoms with Crippen LogP contribution in [0.25, 0.3) is 0 Å². The lowest BCUT2D eigenvalue weighted by Crippen LogP contribution is -2.42. The van der Waals surface area contributed by atoms with E-state index in [0.717, 1.165) is 23.6 Å². The Kier molecular flexibility index (Phi) is 7.22. The number of aromatic amines is 1. The summed E-state index contributed by atoms with van der Waals surface area (Å²) in [6.07, 6.45) is 1.73. The maximum Gasteiger partial charge on any atom is 0.223 e. The summed E-state index contributed by atoms with van der Waals surface area (Å²) < 4.78 is 11.6. The van der Waals surface area contributed by atoms with Crippen molar-refractivity contribution in [2.45, 2.75) is 25.4 Å². The fourth-order valence-electron chi connectivity index (χ4n) is 3.62. The van der Waals surface area contributed by atoms with E-state index in [-0.39, 0.29) is 12.0 Å². The van der Waals surface area contributed by atoms with Gasteiger partial charge in [0, 0.05) is 30.1 Å². The molecule has 1 unspecified atom stereocenters. The molecule has 0 spiro atoms. The van der Waals surface area contributed by atoms with Gasteiger partial charge in [-0.05, 0) is 36.2 Å². The van der Waals surface area contributed by atoms with Crippen LogP contribution in [0.2, 0.25) is 5.02 Å². The van der Waals surface area contributed by atoms with Gasteiger partial charge in [0.25, 0.3) is 0 Å². The molecule has 0 aliphatic carbocycles. The third-order valence-corrected chi connectivity index (χ3v) is 5.54. The van der Waals surface area contributed by atoms with Gasteiger partial charge in [-0.15, -0.1) is 0 Å². The highest BCUT2D eigenvalue weighted by Crippen LogP contribution is 2.22. The second kappa shape index (κ2) is 10.5. The topological polar surface area (TPSA) is 67.5 Å². The Morgan fingerprint density at radius 2 is 2.03 bits per heavy atom. The molecule has 0 bridgehead atoms. The Labute approximate surface area is 187 Å². The summed E-state index contributed by atoms with van der Waals surface area (Å²) in [4.78, 5) is 14.6. The zero-order chi connectivity index (χ0) is 21.5. The van der Waals surface area contributed by atoms with Gasteiger partial charge in [0.1, 0.15) is 11.9 Å². The summed E-state index contributed by atoms with van der Waals surface area (Å²) in [7, 11) is 0. The van der Waals surface area contributed by atoms with Crippen LogP contribution in [-0.2, 0) is 22.4 Å². The van der Waals surface area contributed by atoms with Crippen LogP contribution in [0.4, 0.5) is 0 Å². The van der Waals surface area contributed by atoms with Gasteiger partial charge in [0.05, 0.1) is 25.5 Å². The standard InChI is InChI=1S/C24H26ClN3O3/c25-19-7-4-8-21(15-19)30-13-11-20-16-22(27-26-20)23-17-28(12-14-31-23)24(29)10-9-18-5-2-1-3-6-18/h1-8,15-16,23H,9-14,17H2,(H,26,27). The molecule has 6 nitrogen and oxygen atoms in total. The summed E-state index contributed by atoms with van der Waals surface area (Å²) in [5, 5.41) is 8.11. The van der Waals surface area contributed by atoms with E-state index >= 15 is 0 Å². The molecule has 0 radical (unpaired) electrons. The molecule has 1 amide bonds. The second-order valence-electron chi connectivity index (χ2n) is 7.56. The van der Waals surface area contributed by atoms with Gasteiger partial charge in [-0.3, -0.25) is 9.89 Å². The van der Waals surface area contributed by atoms with Crippen molar-refractivity contribution in [3.8, 4) is 5.75 Å². The minimum atomic E-state index is -0.215.